The molecular formula is C29H25Cl2N3O2. The van der Waals surface area contributed by atoms with Crippen LogP contribution in [-0.2, 0) is 9.59 Å². The number of pyridine rings is 1. The Morgan fingerprint density at radius 3 is 2.53 bits per heavy atom. The summed E-state index contributed by atoms with van der Waals surface area (Å²) in [6, 6.07) is 19.1. The van der Waals surface area contributed by atoms with Gasteiger partial charge in [-0.2, -0.15) is 0 Å². The zero-order chi connectivity index (χ0) is 25.4. The molecule has 36 heavy (non-hydrogen) atoms. The fraction of sp³-hybridized carbons (Fsp3) is 0.207. The van der Waals surface area contributed by atoms with Crippen molar-refractivity contribution >= 4 is 40.7 Å². The number of rotatable bonds is 4. The van der Waals surface area contributed by atoms with Crippen molar-refractivity contribution in [1.29, 1.82) is 0 Å². The van der Waals surface area contributed by atoms with Crippen LogP contribution in [0.15, 0.2) is 89.4 Å². The van der Waals surface area contributed by atoms with Gasteiger partial charge in [0.05, 0.1) is 10.0 Å². The maximum absolute atomic E-state index is 13.7. The highest BCUT2D eigenvalue weighted by Gasteiger charge is 2.41. The number of Topliss-reactive ketones (excluding diaryl/α,β-unsaturated/α-hetero) is 1. The summed E-state index contributed by atoms with van der Waals surface area (Å²) in [4.78, 5) is 31.8. The Balaban J connectivity index is 1.61. The largest absolute Gasteiger partial charge is 0.362 e. The molecule has 0 saturated heterocycles. The highest BCUT2D eigenvalue weighted by atomic mass is 35.5. The van der Waals surface area contributed by atoms with Crippen molar-refractivity contribution in [2.24, 2.45) is 0 Å². The Bertz CT molecular complexity index is 1430. The van der Waals surface area contributed by atoms with E-state index in [0.29, 0.717) is 51.1 Å². The second-order valence-electron chi connectivity index (χ2n) is 9.19. The van der Waals surface area contributed by atoms with E-state index in [4.69, 9.17) is 23.2 Å². The van der Waals surface area contributed by atoms with Gasteiger partial charge in [0.15, 0.2) is 5.78 Å². The minimum absolute atomic E-state index is 0.00883. The molecule has 2 aliphatic rings. The number of carbonyl (C=O) groups is 2. The van der Waals surface area contributed by atoms with Gasteiger partial charge in [-0.3, -0.25) is 9.59 Å². The summed E-state index contributed by atoms with van der Waals surface area (Å²) < 4.78 is 0. The lowest BCUT2D eigenvalue weighted by molar-refractivity contribution is -0.116. The first-order valence-electron chi connectivity index (χ1n) is 11.8. The van der Waals surface area contributed by atoms with Crippen LogP contribution in [0.25, 0.3) is 0 Å². The second kappa shape index (κ2) is 9.92. The number of aryl methyl sites for hydroxylation is 1. The standard InChI is InChI=1S/C29H25Cl2N3O2/c1-16-8-7-13-32-28(16)34-29(36)24-17(2)33-22-14-19(18-9-4-3-5-10-18)15-23(35)26(22)25(24)20-11-6-12-21(30)27(20)31/h3-13,19,25,33H,14-15H2,1-2H3,(H,32,34,36)/t19-,25-/m0/s1. The van der Waals surface area contributed by atoms with Crippen LogP contribution in [0.2, 0.25) is 10.0 Å². The van der Waals surface area contributed by atoms with E-state index < -0.39 is 5.92 Å². The number of hydrogen-bond acceptors (Lipinski definition) is 4. The number of carbonyl (C=O) groups excluding carboxylic acids is 2. The number of aromatic nitrogens is 1. The Morgan fingerprint density at radius 2 is 1.78 bits per heavy atom. The molecule has 1 aromatic heterocycles. The number of amides is 1. The van der Waals surface area contributed by atoms with Crippen LogP contribution in [0.1, 0.15) is 48.3 Å². The molecule has 2 aromatic carbocycles. The smallest absolute Gasteiger partial charge is 0.255 e. The molecule has 0 radical (unpaired) electrons. The molecule has 1 amide bonds. The molecule has 1 aliphatic carbocycles. The van der Waals surface area contributed by atoms with Crippen molar-refractivity contribution in [3.8, 4) is 0 Å². The lowest BCUT2D eigenvalue weighted by Gasteiger charge is -2.37. The monoisotopic (exact) mass is 517 g/mol. The first-order valence-corrected chi connectivity index (χ1v) is 12.6. The lowest BCUT2D eigenvalue weighted by Crippen LogP contribution is -2.37. The SMILES string of the molecule is CC1=C(C(=O)Nc2ncccc2C)[C@H](c2cccc(Cl)c2Cl)C2=C(C[C@H](c3ccccc3)CC2=O)N1. The van der Waals surface area contributed by atoms with Gasteiger partial charge in [0, 0.05) is 41.1 Å². The van der Waals surface area contributed by atoms with Gasteiger partial charge in [0.2, 0.25) is 0 Å². The highest BCUT2D eigenvalue weighted by Crippen LogP contribution is 2.48. The molecule has 1 aliphatic heterocycles. The fourth-order valence-corrected chi connectivity index (χ4v) is 5.56. The van der Waals surface area contributed by atoms with Crippen LogP contribution in [0, 0.1) is 6.92 Å². The van der Waals surface area contributed by atoms with Crippen molar-refractivity contribution in [2.45, 2.75) is 38.5 Å². The van der Waals surface area contributed by atoms with Crippen molar-refractivity contribution in [3.63, 3.8) is 0 Å². The molecule has 7 heteroatoms. The number of nitrogens with zero attached hydrogens (tertiary/aromatic N) is 1. The van der Waals surface area contributed by atoms with Gasteiger partial charge in [0.1, 0.15) is 5.82 Å². The number of benzene rings is 2. The van der Waals surface area contributed by atoms with Crippen LogP contribution in [0.5, 0.6) is 0 Å². The third-order valence-electron chi connectivity index (χ3n) is 6.88. The van der Waals surface area contributed by atoms with E-state index >= 15 is 0 Å². The first kappa shape index (κ1) is 24.3. The molecule has 182 valence electrons. The average Bonchev–Trinajstić information content (AvgIpc) is 2.86. The third kappa shape index (κ3) is 4.45. The molecule has 5 rings (SSSR count). The van der Waals surface area contributed by atoms with E-state index in [1.807, 2.05) is 50.2 Å². The van der Waals surface area contributed by atoms with Crippen LogP contribution in [0.4, 0.5) is 5.82 Å². The van der Waals surface area contributed by atoms with E-state index in [0.717, 1.165) is 16.8 Å². The normalized spacial score (nSPS) is 19.6. The van der Waals surface area contributed by atoms with Crippen molar-refractivity contribution in [1.82, 2.24) is 10.3 Å². The van der Waals surface area contributed by atoms with Gasteiger partial charge in [-0.15, -0.1) is 0 Å². The average molecular weight is 518 g/mol. The minimum Gasteiger partial charge on any atom is -0.362 e. The van der Waals surface area contributed by atoms with Gasteiger partial charge in [0.25, 0.3) is 5.91 Å². The summed E-state index contributed by atoms with van der Waals surface area (Å²) in [7, 11) is 0. The molecule has 0 spiro atoms. The molecule has 0 unspecified atom stereocenters. The summed E-state index contributed by atoms with van der Waals surface area (Å²) in [5.74, 6) is -0.476. The number of nitrogens with one attached hydrogen (secondary N) is 2. The van der Waals surface area contributed by atoms with Gasteiger partial charge >= 0.3 is 0 Å². The summed E-state index contributed by atoms with van der Waals surface area (Å²) in [5.41, 5.74) is 5.07. The number of ketones is 1. The van der Waals surface area contributed by atoms with Crippen LogP contribution >= 0.6 is 23.2 Å². The Kier molecular flexibility index (Phi) is 6.69. The molecule has 2 N–H and O–H groups in total. The van der Waals surface area contributed by atoms with Crippen molar-refractivity contribution in [3.05, 3.63) is 116 Å². The third-order valence-corrected chi connectivity index (χ3v) is 7.71. The Morgan fingerprint density at radius 1 is 1.00 bits per heavy atom. The maximum Gasteiger partial charge on any atom is 0.255 e. The zero-order valence-electron chi connectivity index (χ0n) is 19.9. The molecular weight excluding hydrogens is 493 g/mol. The first-order chi connectivity index (χ1) is 17.3. The van der Waals surface area contributed by atoms with Crippen molar-refractivity contribution in [2.75, 3.05) is 5.32 Å². The zero-order valence-corrected chi connectivity index (χ0v) is 21.5. The fourth-order valence-electron chi connectivity index (χ4n) is 5.15. The maximum atomic E-state index is 13.7. The number of anilines is 1. The predicted octanol–water partition coefficient (Wildman–Crippen LogP) is 6.70. The van der Waals surface area contributed by atoms with Gasteiger partial charge in [-0.05, 0) is 55.0 Å². The topological polar surface area (TPSA) is 71.1 Å². The van der Waals surface area contributed by atoms with Gasteiger partial charge in [-0.1, -0.05) is 71.7 Å². The quantitative estimate of drug-likeness (QED) is 0.404. The van der Waals surface area contributed by atoms with Crippen molar-refractivity contribution < 1.29 is 9.59 Å². The Labute approximate surface area is 220 Å². The number of hydrogen-bond donors (Lipinski definition) is 2. The van der Waals surface area contributed by atoms with E-state index in [1.54, 1.807) is 18.3 Å². The van der Waals surface area contributed by atoms with E-state index in [2.05, 4.69) is 27.8 Å². The summed E-state index contributed by atoms with van der Waals surface area (Å²) in [5, 5.41) is 7.04. The molecule has 2 atom stereocenters. The summed E-state index contributed by atoms with van der Waals surface area (Å²) in [6.45, 7) is 3.73. The molecule has 5 nitrogen and oxygen atoms in total. The molecule has 0 saturated carbocycles. The number of halogens is 2. The lowest BCUT2D eigenvalue weighted by atomic mass is 9.71. The van der Waals surface area contributed by atoms with Crippen LogP contribution in [-0.4, -0.2) is 16.7 Å². The summed E-state index contributed by atoms with van der Waals surface area (Å²) in [6.07, 6.45) is 2.64. The van der Waals surface area contributed by atoms with E-state index in [9.17, 15) is 9.59 Å². The predicted molar refractivity (Wildman–Crippen MR) is 143 cm³/mol. The number of allylic oxidation sites excluding steroid dienone is 3. The van der Waals surface area contributed by atoms with Crippen LogP contribution in [0.3, 0.4) is 0 Å². The number of dihydropyridines is 1. The highest BCUT2D eigenvalue weighted by molar-refractivity contribution is 6.42. The minimum atomic E-state index is -0.652. The Hall–Kier alpha value is -3.41. The van der Waals surface area contributed by atoms with Gasteiger partial charge < -0.3 is 10.6 Å². The molecule has 0 bridgehead atoms. The van der Waals surface area contributed by atoms with Crippen LogP contribution < -0.4 is 10.6 Å². The van der Waals surface area contributed by atoms with E-state index in [1.165, 1.54) is 0 Å². The summed E-state index contributed by atoms with van der Waals surface area (Å²) >= 11 is 13.1. The molecule has 2 heterocycles. The van der Waals surface area contributed by atoms with E-state index in [-0.39, 0.29) is 17.6 Å². The van der Waals surface area contributed by atoms with Gasteiger partial charge in [-0.25, -0.2) is 4.98 Å². The molecule has 0 fully saturated rings. The second-order valence-corrected chi connectivity index (χ2v) is 9.98. The molecule has 3 aromatic rings.